The van der Waals surface area contributed by atoms with Crippen LogP contribution in [0.25, 0.3) is 15.9 Å². The summed E-state index contributed by atoms with van der Waals surface area (Å²) in [7, 11) is 0. The number of aryl methyl sites for hydroxylation is 2. The molecule has 0 radical (unpaired) electrons. The number of hydrogen-bond donors (Lipinski definition) is 1. The van der Waals surface area contributed by atoms with Gasteiger partial charge in [-0.2, -0.15) is 4.52 Å². The van der Waals surface area contributed by atoms with Gasteiger partial charge in [-0.3, -0.25) is 9.59 Å². The first kappa shape index (κ1) is 21.5. The monoisotopic (exact) mass is 481 g/mol. The van der Waals surface area contributed by atoms with Crippen LogP contribution in [0.4, 0.5) is 10.8 Å². The van der Waals surface area contributed by atoms with Crippen molar-refractivity contribution in [1.82, 2.24) is 19.5 Å². The van der Waals surface area contributed by atoms with E-state index in [1.165, 1.54) is 27.0 Å². The van der Waals surface area contributed by atoms with Gasteiger partial charge in [0.15, 0.2) is 0 Å². The molecule has 0 aliphatic carbocycles. The molecule has 7 nitrogen and oxygen atoms in total. The topological polar surface area (TPSA) is 79.6 Å². The van der Waals surface area contributed by atoms with Crippen molar-refractivity contribution >= 4 is 43.9 Å². The van der Waals surface area contributed by atoms with Crippen LogP contribution in [0.1, 0.15) is 32.6 Å². The van der Waals surface area contributed by atoms with Gasteiger partial charge in [0.05, 0.1) is 10.9 Å². The Morgan fingerprint density at radius 2 is 1.86 bits per heavy atom. The number of anilines is 2. The van der Waals surface area contributed by atoms with Crippen LogP contribution in [-0.2, 0) is 13.0 Å². The molecule has 1 N–H and O–H groups in total. The lowest BCUT2D eigenvalue weighted by Gasteiger charge is -2.29. The average Bonchev–Trinajstić information content (AvgIpc) is 3.28. The van der Waals surface area contributed by atoms with E-state index in [2.05, 4.69) is 33.6 Å². The number of hydrogen-bond acceptors (Lipinski definition) is 6. The Balaban J connectivity index is 1.34. The molecular weight excluding hydrogens is 458 g/mol. The van der Waals surface area contributed by atoms with E-state index < -0.39 is 0 Å². The second-order valence-electron chi connectivity index (χ2n) is 8.94. The van der Waals surface area contributed by atoms with Crippen molar-refractivity contribution in [1.29, 1.82) is 0 Å². The van der Waals surface area contributed by atoms with Gasteiger partial charge in [0.1, 0.15) is 0 Å². The summed E-state index contributed by atoms with van der Waals surface area (Å²) in [6.07, 6.45) is 0.840. The normalized spacial score (nSPS) is 13.3. The number of nitrogens with one attached hydrogen (secondary N) is 1. The number of rotatable bonds is 3. The molecule has 174 valence electrons. The molecule has 0 atom stereocenters. The Bertz CT molecular complexity index is 1690. The van der Waals surface area contributed by atoms with E-state index in [0.29, 0.717) is 39.6 Å². The third-order valence-corrected chi connectivity index (χ3v) is 7.32. The molecule has 3 aromatic carbocycles. The van der Waals surface area contributed by atoms with Crippen molar-refractivity contribution in [2.24, 2.45) is 0 Å². The summed E-state index contributed by atoms with van der Waals surface area (Å²) in [5.74, 6) is -0.0509. The van der Waals surface area contributed by atoms with Crippen LogP contribution in [-0.4, -0.2) is 31.9 Å². The van der Waals surface area contributed by atoms with Crippen LogP contribution < -0.4 is 10.9 Å². The predicted octanol–water partition coefficient (Wildman–Crippen LogP) is 4.86. The zero-order valence-corrected chi connectivity index (χ0v) is 20.2. The second-order valence-corrected chi connectivity index (χ2v) is 9.90. The third kappa shape index (κ3) is 3.85. The molecule has 2 aromatic heterocycles. The van der Waals surface area contributed by atoms with Crippen molar-refractivity contribution in [2.45, 2.75) is 26.8 Å². The number of carbonyl (C=O) groups excluding carboxylic acids is 1. The molecule has 35 heavy (non-hydrogen) atoms. The Kier molecular flexibility index (Phi) is 5.11. The van der Waals surface area contributed by atoms with Crippen molar-refractivity contribution < 1.29 is 4.79 Å². The molecule has 3 heterocycles. The molecule has 8 heteroatoms. The molecule has 1 amide bonds. The Hall–Kier alpha value is -4.04. The molecular formula is C27H23N5O2S. The van der Waals surface area contributed by atoms with Crippen LogP contribution >= 0.6 is 11.3 Å². The first-order valence-corrected chi connectivity index (χ1v) is 12.3. The van der Waals surface area contributed by atoms with Gasteiger partial charge in [-0.15, -0.1) is 5.10 Å². The van der Waals surface area contributed by atoms with Gasteiger partial charge in [0.2, 0.25) is 10.1 Å². The standard InChI is InChI=1S/C27H23N5O2S/c1-16-7-8-17(2)22(13-16)28-26-30-32-25(34)21-10-9-19(14-23(21)29-27(32)35-26)24(33)31-12-11-18-5-3-4-6-20(18)15-31/h3-10,13-14H,11-12,15H2,1-2H3,(H,28,30). The van der Waals surface area contributed by atoms with E-state index in [1.807, 2.05) is 43.0 Å². The summed E-state index contributed by atoms with van der Waals surface area (Å²) in [4.78, 5) is 33.4. The smallest absolute Gasteiger partial charge is 0.283 e. The lowest BCUT2D eigenvalue weighted by Crippen LogP contribution is -2.35. The maximum atomic E-state index is 13.3. The number of benzene rings is 3. The van der Waals surface area contributed by atoms with E-state index in [-0.39, 0.29) is 11.5 Å². The highest BCUT2D eigenvalue weighted by Crippen LogP contribution is 2.26. The van der Waals surface area contributed by atoms with Crippen molar-refractivity contribution in [2.75, 3.05) is 11.9 Å². The van der Waals surface area contributed by atoms with Crippen LogP contribution in [0, 0.1) is 13.8 Å². The molecule has 0 spiro atoms. The van der Waals surface area contributed by atoms with Crippen molar-refractivity contribution in [3.8, 4) is 0 Å². The molecule has 0 saturated heterocycles. The highest BCUT2D eigenvalue weighted by Gasteiger charge is 2.22. The van der Waals surface area contributed by atoms with Crippen molar-refractivity contribution in [3.05, 3.63) is 98.8 Å². The maximum absolute atomic E-state index is 13.3. The molecule has 1 aliphatic heterocycles. The van der Waals surface area contributed by atoms with Crippen LogP contribution in [0.15, 0.2) is 65.5 Å². The zero-order chi connectivity index (χ0) is 24.1. The second kappa shape index (κ2) is 8.32. The fourth-order valence-electron chi connectivity index (χ4n) is 4.53. The summed E-state index contributed by atoms with van der Waals surface area (Å²) < 4.78 is 1.32. The molecule has 0 bridgehead atoms. The zero-order valence-electron chi connectivity index (χ0n) is 19.4. The van der Waals surface area contributed by atoms with E-state index in [0.717, 1.165) is 23.2 Å². The molecule has 1 aliphatic rings. The van der Waals surface area contributed by atoms with Crippen molar-refractivity contribution in [3.63, 3.8) is 0 Å². The minimum atomic E-state index is -0.249. The van der Waals surface area contributed by atoms with Gasteiger partial charge in [0.25, 0.3) is 11.5 Å². The average molecular weight is 482 g/mol. The van der Waals surface area contributed by atoms with E-state index >= 15 is 0 Å². The summed E-state index contributed by atoms with van der Waals surface area (Å²) >= 11 is 1.30. The minimum absolute atomic E-state index is 0.0509. The first-order chi connectivity index (χ1) is 17.0. The summed E-state index contributed by atoms with van der Waals surface area (Å²) in [6.45, 7) is 5.31. The number of carbonyl (C=O) groups is 1. The molecule has 0 unspecified atom stereocenters. The summed E-state index contributed by atoms with van der Waals surface area (Å²) in [5, 5.41) is 8.79. The third-order valence-electron chi connectivity index (χ3n) is 6.50. The SMILES string of the molecule is Cc1ccc(C)c(Nc2nn3c(=O)c4ccc(C(=O)N5CCc6ccccc6C5)cc4nc3s2)c1. The van der Waals surface area contributed by atoms with E-state index in [9.17, 15) is 9.59 Å². The lowest BCUT2D eigenvalue weighted by atomic mass is 9.99. The Morgan fingerprint density at radius 1 is 1.03 bits per heavy atom. The van der Waals surface area contributed by atoms with Crippen LogP contribution in [0.5, 0.6) is 0 Å². The fraction of sp³-hybridized carbons (Fsp3) is 0.185. The van der Waals surface area contributed by atoms with Gasteiger partial charge in [-0.1, -0.05) is 47.7 Å². The first-order valence-electron chi connectivity index (χ1n) is 11.5. The van der Waals surface area contributed by atoms with Gasteiger partial charge in [-0.05, 0) is 66.8 Å². The van der Waals surface area contributed by atoms with Crippen LogP contribution in [0.2, 0.25) is 0 Å². The number of nitrogens with zero attached hydrogens (tertiary/aromatic N) is 4. The van der Waals surface area contributed by atoms with Gasteiger partial charge in [0, 0.05) is 24.3 Å². The maximum Gasteiger partial charge on any atom is 0.283 e. The van der Waals surface area contributed by atoms with E-state index in [1.54, 1.807) is 18.2 Å². The highest BCUT2D eigenvalue weighted by atomic mass is 32.1. The quantitative estimate of drug-likeness (QED) is 0.398. The lowest BCUT2D eigenvalue weighted by molar-refractivity contribution is 0.0735. The van der Waals surface area contributed by atoms with E-state index in [4.69, 9.17) is 0 Å². The molecule has 5 aromatic rings. The molecule has 0 fully saturated rings. The van der Waals surface area contributed by atoms with Crippen LogP contribution in [0.3, 0.4) is 0 Å². The number of aromatic nitrogens is 3. The largest absolute Gasteiger partial charge is 0.334 e. The summed E-state index contributed by atoms with van der Waals surface area (Å²) in [5.41, 5.74) is 6.42. The van der Waals surface area contributed by atoms with Gasteiger partial charge >= 0.3 is 0 Å². The molecule has 0 saturated carbocycles. The molecule has 6 rings (SSSR count). The van der Waals surface area contributed by atoms with Gasteiger partial charge in [-0.25, -0.2) is 4.98 Å². The number of fused-ring (bicyclic) bond motifs is 3. The Morgan fingerprint density at radius 3 is 2.71 bits per heavy atom. The fourth-order valence-corrected chi connectivity index (χ4v) is 5.34. The summed E-state index contributed by atoms with van der Waals surface area (Å²) in [6, 6.07) is 19.5. The Labute approximate surface area is 205 Å². The highest BCUT2D eigenvalue weighted by molar-refractivity contribution is 7.20. The van der Waals surface area contributed by atoms with Gasteiger partial charge < -0.3 is 10.2 Å². The predicted molar refractivity (Wildman–Crippen MR) is 139 cm³/mol. The minimum Gasteiger partial charge on any atom is -0.334 e. The number of amides is 1.